The minimum Gasteiger partial charge on any atom is -0.497 e. The molecule has 0 aromatic heterocycles. The maximum absolute atomic E-state index is 13.3. The first kappa shape index (κ1) is 26.5. The van der Waals surface area contributed by atoms with Crippen LogP contribution in [-0.4, -0.2) is 66.5 Å². The summed E-state index contributed by atoms with van der Waals surface area (Å²) in [5, 5.41) is 3.09. The van der Waals surface area contributed by atoms with Gasteiger partial charge in [0.05, 0.1) is 7.11 Å². The summed E-state index contributed by atoms with van der Waals surface area (Å²) < 4.78 is 5.23. The highest BCUT2D eigenvalue weighted by atomic mass is 35.5. The molecule has 1 aromatic carbocycles. The van der Waals surface area contributed by atoms with E-state index in [9.17, 15) is 9.59 Å². The predicted molar refractivity (Wildman–Crippen MR) is 130 cm³/mol. The third-order valence-corrected chi connectivity index (χ3v) is 6.81. The Labute approximate surface area is 199 Å². The molecule has 1 N–H and O–H groups in total. The number of nitrogens with one attached hydrogen (secondary N) is 1. The van der Waals surface area contributed by atoms with Gasteiger partial charge in [0.1, 0.15) is 17.3 Å². The molecule has 2 heterocycles. The summed E-state index contributed by atoms with van der Waals surface area (Å²) in [7, 11) is 1.68. The molecule has 1 aromatic rings. The van der Waals surface area contributed by atoms with Gasteiger partial charge in [0.15, 0.2) is 0 Å². The third-order valence-electron chi connectivity index (χ3n) is 6.81. The van der Waals surface area contributed by atoms with E-state index in [2.05, 4.69) is 43.1 Å². The van der Waals surface area contributed by atoms with E-state index >= 15 is 0 Å². The fourth-order valence-electron chi connectivity index (χ4n) is 4.87. The Morgan fingerprint density at radius 3 is 2.34 bits per heavy atom. The van der Waals surface area contributed by atoms with Gasteiger partial charge < -0.3 is 19.9 Å². The number of carbonyl (C=O) groups is 2. The summed E-state index contributed by atoms with van der Waals surface area (Å²) in [5.74, 6) is 1.42. The molecule has 2 aliphatic heterocycles. The Hall–Kier alpha value is -1.79. The zero-order valence-electron chi connectivity index (χ0n) is 20.1. The van der Waals surface area contributed by atoms with Crippen molar-refractivity contribution in [2.45, 2.75) is 70.9 Å². The molecule has 2 saturated heterocycles. The fraction of sp³-hybridized carbons (Fsp3) is 0.680. The second-order valence-electron chi connectivity index (χ2n) is 9.47. The molecule has 1 spiro atoms. The first-order chi connectivity index (χ1) is 14.9. The van der Waals surface area contributed by atoms with Crippen molar-refractivity contribution >= 4 is 24.2 Å². The molecule has 0 saturated carbocycles. The number of piperazine rings is 1. The molecule has 0 radical (unpaired) electrons. The highest BCUT2D eigenvalue weighted by Crippen LogP contribution is 2.34. The largest absolute Gasteiger partial charge is 0.497 e. The monoisotopic (exact) mass is 465 g/mol. The van der Waals surface area contributed by atoms with Gasteiger partial charge in [-0.25, -0.2) is 0 Å². The molecule has 1 atom stereocenters. The predicted octanol–water partition coefficient (Wildman–Crippen LogP) is 3.67. The number of hydrogen-bond acceptors (Lipinski definition) is 4. The van der Waals surface area contributed by atoms with Gasteiger partial charge in [-0.2, -0.15) is 0 Å². The van der Waals surface area contributed by atoms with Crippen LogP contribution in [0.3, 0.4) is 0 Å². The molecular weight excluding hydrogens is 426 g/mol. The van der Waals surface area contributed by atoms with Gasteiger partial charge in [-0.1, -0.05) is 39.3 Å². The normalized spacial score (nSPS) is 20.9. The Morgan fingerprint density at radius 1 is 1.12 bits per heavy atom. The lowest BCUT2D eigenvalue weighted by Crippen LogP contribution is -2.73. The van der Waals surface area contributed by atoms with E-state index in [1.54, 1.807) is 7.11 Å². The van der Waals surface area contributed by atoms with Crippen LogP contribution in [0.1, 0.15) is 58.4 Å². The number of nitrogens with zero attached hydrogens (tertiary/aromatic N) is 2. The van der Waals surface area contributed by atoms with Crippen LogP contribution in [-0.2, 0) is 16.0 Å². The first-order valence-corrected chi connectivity index (χ1v) is 11.9. The van der Waals surface area contributed by atoms with E-state index in [4.69, 9.17) is 4.74 Å². The average molecular weight is 466 g/mol. The van der Waals surface area contributed by atoms with Crippen LogP contribution >= 0.6 is 12.4 Å². The zero-order chi connectivity index (χ0) is 22.4. The molecule has 2 aliphatic rings. The molecule has 0 unspecified atom stereocenters. The quantitative estimate of drug-likeness (QED) is 0.604. The van der Waals surface area contributed by atoms with Crippen molar-refractivity contribution in [2.75, 3.05) is 33.3 Å². The van der Waals surface area contributed by atoms with Gasteiger partial charge in [-0.05, 0) is 55.7 Å². The fourth-order valence-corrected chi connectivity index (χ4v) is 4.87. The number of amides is 2. The van der Waals surface area contributed by atoms with E-state index in [0.717, 1.165) is 44.6 Å². The summed E-state index contributed by atoms with van der Waals surface area (Å²) in [6.07, 6.45) is 5.06. The molecule has 2 fully saturated rings. The van der Waals surface area contributed by atoms with Gasteiger partial charge in [-0.3, -0.25) is 9.59 Å². The molecular formula is C25H40ClN3O3. The van der Waals surface area contributed by atoms with Crippen LogP contribution in [0.2, 0.25) is 0 Å². The summed E-state index contributed by atoms with van der Waals surface area (Å²) in [5.41, 5.74) is 0.615. The number of benzene rings is 1. The van der Waals surface area contributed by atoms with E-state index < -0.39 is 5.54 Å². The second-order valence-corrected chi connectivity index (χ2v) is 9.47. The number of methoxy groups -OCH3 is 1. The van der Waals surface area contributed by atoms with E-state index in [0.29, 0.717) is 31.7 Å². The lowest BCUT2D eigenvalue weighted by molar-refractivity contribution is -0.161. The van der Waals surface area contributed by atoms with Crippen LogP contribution in [0.4, 0.5) is 0 Å². The van der Waals surface area contributed by atoms with Crippen molar-refractivity contribution in [3.8, 4) is 5.75 Å². The third kappa shape index (κ3) is 5.96. The maximum atomic E-state index is 13.3. The molecule has 2 amide bonds. The number of rotatable bonds is 9. The lowest BCUT2D eigenvalue weighted by Gasteiger charge is -2.52. The van der Waals surface area contributed by atoms with Crippen molar-refractivity contribution in [3.05, 3.63) is 29.8 Å². The standard InChI is InChI=1S/C25H39N3O3.ClH/c1-5-6-14-28-23(29)22(18-19(2)3)26-24(30)25(28)12-16-27(17-13-25)15-11-20-7-9-21(31-4)10-8-20;/h7-10,19,22H,5-6,11-18H2,1-4H3,(H,26,30);1H/t22-;/m0./s1. The van der Waals surface area contributed by atoms with E-state index in [1.807, 2.05) is 17.0 Å². The highest BCUT2D eigenvalue weighted by molar-refractivity contribution is 6.00. The summed E-state index contributed by atoms with van der Waals surface area (Å²) in [4.78, 5) is 31.0. The first-order valence-electron chi connectivity index (χ1n) is 11.9. The van der Waals surface area contributed by atoms with Gasteiger partial charge in [0.2, 0.25) is 11.8 Å². The van der Waals surface area contributed by atoms with Crippen molar-refractivity contribution in [1.29, 1.82) is 0 Å². The zero-order valence-corrected chi connectivity index (χ0v) is 20.9. The second kappa shape index (κ2) is 11.9. The maximum Gasteiger partial charge on any atom is 0.246 e. The van der Waals surface area contributed by atoms with Crippen molar-refractivity contribution in [3.63, 3.8) is 0 Å². The van der Waals surface area contributed by atoms with E-state index in [1.165, 1.54) is 5.56 Å². The van der Waals surface area contributed by atoms with Crippen LogP contribution in [0, 0.1) is 5.92 Å². The SMILES string of the molecule is CCCCN1C(=O)[C@H](CC(C)C)NC(=O)C12CCN(CCc1ccc(OC)cc1)CC2.Cl. The van der Waals surface area contributed by atoms with Crippen LogP contribution < -0.4 is 10.1 Å². The Morgan fingerprint density at radius 2 is 1.78 bits per heavy atom. The number of piperidine rings is 1. The number of hydrogen-bond donors (Lipinski definition) is 1. The number of likely N-dealkylation sites (tertiary alicyclic amines) is 1. The molecule has 0 bridgehead atoms. The van der Waals surface area contributed by atoms with Crippen LogP contribution in [0.25, 0.3) is 0 Å². The van der Waals surface area contributed by atoms with Crippen molar-refractivity contribution in [1.82, 2.24) is 15.1 Å². The van der Waals surface area contributed by atoms with Crippen molar-refractivity contribution in [2.24, 2.45) is 5.92 Å². The number of ether oxygens (including phenoxy) is 1. The van der Waals surface area contributed by atoms with Gasteiger partial charge in [-0.15, -0.1) is 12.4 Å². The van der Waals surface area contributed by atoms with E-state index in [-0.39, 0.29) is 30.3 Å². The molecule has 180 valence electrons. The minimum absolute atomic E-state index is 0. The lowest BCUT2D eigenvalue weighted by atomic mass is 9.80. The Kier molecular flexibility index (Phi) is 9.83. The summed E-state index contributed by atoms with van der Waals surface area (Å²) in [6, 6.07) is 7.84. The van der Waals surface area contributed by atoms with Gasteiger partial charge >= 0.3 is 0 Å². The topological polar surface area (TPSA) is 61.9 Å². The minimum atomic E-state index is -0.670. The summed E-state index contributed by atoms with van der Waals surface area (Å²) in [6.45, 7) is 9.66. The number of unbranched alkanes of at least 4 members (excludes halogenated alkanes) is 1. The molecule has 0 aliphatic carbocycles. The van der Waals surface area contributed by atoms with Crippen LogP contribution in [0.15, 0.2) is 24.3 Å². The smallest absolute Gasteiger partial charge is 0.246 e. The van der Waals surface area contributed by atoms with Gasteiger partial charge in [0, 0.05) is 26.2 Å². The number of halogens is 1. The molecule has 7 heteroatoms. The molecule has 6 nitrogen and oxygen atoms in total. The Balaban J connectivity index is 0.00000363. The highest BCUT2D eigenvalue weighted by Gasteiger charge is 2.53. The molecule has 32 heavy (non-hydrogen) atoms. The van der Waals surface area contributed by atoms with Crippen LogP contribution in [0.5, 0.6) is 5.75 Å². The summed E-state index contributed by atoms with van der Waals surface area (Å²) >= 11 is 0. The van der Waals surface area contributed by atoms with Gasteiger partial charge in [0.25, 0.3) is 0 Å². The van der Waals surface area contributed by atoms with Crippen molar-refractivity contribution < 1.29 is 14.3 Å². The average Bonchev–Trinajstić information content (AvgIpc) is 2.77. The Bertz CT molecular complexity index is 745. The molecule has 3 rings (SSSR count). The number of carbonyl (C=O) groups excluding carboxylic acids is 2.